The van der Waals surface area contributed by atoms with E-state index in [0.29, 0.717) is 16.5 Å². The molecule has 5 nitrogen and oxygen atoms in total. The van der Waals surface area contributed by atoms with E-state index in [1.54, 1.807) is 31.5 Å². The number of anilines is 1. The summed E-state index contributed by atoms with van der Waals surface area (Å²) in [4.78, 5) is 19.9. The zero-order valence-electron chi connectivity index (χ0n) is 20.2. The SMILES string of the molecule is COc1ncccc1-c1cc2c(n1C(C)C)C(c1ccc(Cl)cc1C)N(c1cccc(Cl)c1F)C2=O. The van der Waals surface area contributed by atoms with Gasteiger partial charge in [0.2, 0.25) is 5.88 Å². The Hall–Kier alpha value is -3.35. The summed E-state index contributed by atoms with van der Waals surface area (Å²) >= 11 is 12.4. The van der Waals surface area contributed by atoms with E-state index in [4.69, 9.17) is 27.9 Å². The highest BCUT2D eigenvalue weighted by molar-refractivity contribution is 6.31. The summed E-state index contributed by atoms with van der Waals surface area (Å²) in [5, 5.41) is 0.539. The van der Waals surface area contributed by atoms with Crippen LogP contribution in [0.15, 0.2) is 60.8 Å². The molecule has 1 aliphatic heterocycles. The zero-order chi connectivity index (χ0) is 25.7. The van der Waals surface area contributed by atoms with Crippen LogP contribution in [0.2, 0.25) is 10.0 Å². The summed E-state index contributed by atoms with van der Waals surface area (Å²) in [7, 11) is 1.57. The lowest BCUT2D eigenvalue weighted by Gasteiger charge is -2.30. The first-order valence-electron chi connectivity index (χ1n) is 11.5. The predicted octanol–water partition coefficient (Wildman–Crippen LogP) is 7.64. The zero-order valence-corrected chi connectivity index (χ0v) is 21.7. The normalized spacial score (nSPS) is 15.1. The van der Waals surface area contributed by atoms with Crippen molar-refractivity contribution < 1.29 is 13.9 Å². The number of aryl methyl sites for hydroxylation is 1. The van der Waals surface area contributed by atoms with Gasteiger partial charge in [0.1, 0.15) is 6.04 Å². The second-order valence-electron chi connectivity index (χ2n) is 9.00. The van der Waals surface area contributed by atoms with Crippen molar-refractivity contribution in [3.63, 3.8) is 0 Å². The van der Waals surface area contributed by atoms with Crippen molar-refractivity contribution in [3.05, 3.63) is 99.0 Å². The molecule has 0 aliphatic carbocycles. The summed E-state index contributed by atoms with van der Waals surface area (Å²) in [5.74, 6) is -0.492. The van der Waals surface area contributed by atoms with Gasteiger partial charge in [-0.1, -0.05) is 35.3 Å². The number of carbonyl (C=O) groups excluding carboxylic acids is 1. The molecule has 0 radical (unpaired) electrons. The number of fused-ring (bicyclic) bond motifs is 1. The van der Waals surface area contributed by atoms with Gasteiger partial charge in [0.15, 0.2) is 5.82 Å². The molecule has 2 aromatic carbocycles. The Morgan fingerprint density at radius 2 is 1.83 bits per heavy atom. The fourth-order valence-corrected chi connectivity index (χ4v) is 5.43. The Labute approximate surface area is 219 Å². The average molecular weight is 524 g/mol. The lowest BCUT2D eigenvalue weighted by molar-refractivity contribution is 0.0992. The molecule has 1 atom stereocenters. The third-order valence-corrected chi connectivity index (χ3v) is 7.04. The van der Waals surface area contributed by atoms with Crippen LogP contribution in [0.25, 0.3) is 11.3 Å². The monoisotopic (exact) mass is 523 g/mol. The largest absolute Gasteiger partial charge is 0.481 e. The maximum Gasteiger partial charge on any atom is 0.261 e. The highest BCUT2D eigenvalue weighted by Crippen LogP contribution is 2.48. The Kier molecular flexibility index (Phi) is 6.27. The first kappa shape index (κ1) is 24.3. The number of pyridine rings is 1. The third-order valence-electron chi connectivity index (χ3n) is 6.52. The lowest BCUT2D eigenvalue weighted by atomic mass is 9.98. The fourth-order valence-electron chi connectivity index (χ4n) is 5.03. The summed E-state index contributed by atoms with van der Waals surface area (Å²) in [6.07, 6.45) is 1.66. The fraction of sp³-hybridized carbons (Fsp3) is 0.214. The number of hydrogen-bond donors (Lipinski definition) is 0. The van der Waals surface area contributed by atoms with E-state index in [2.05, 4.69) is 9.55 Å². The van der Waals surface area contributed by atoms with Gasteiger partial charge in [0.05, 0.1) is 40.3 Å². The molecule has 4 aromatic rings. The number of benzene rings is 2. The summed E-state index contributed by atoms with van der Waals surface area (Å²) in [6.45, 7) is 6.03. The van der Waals surface area contributed by atoms with Crippen LogP contribution in [-0.4, -0.2) is 22.6 Å². The van der Waals surface area contributed by atoms with E-state index in [1.165, 1.54) is 11.0 Å². The minimum atomic E-state index is -0.639. The Morgan fingerprint density at radius 3 is 2.53 bits per heavy atom. The predicted molar refractivity (Wildman–Crippen MR) is 141 cm³/mol. The molecule has 1 unspecified atom stereocenters. The lowest BCUT2D eigenvalue weighted by Crippen LogP contribution is -2.31. The molecule has 3 heterocycles. The van der Waals surface area contributed by atoms with E-state index in [1.807, 2.05) is 51.1 Å². The molecule has 0 bridgehead atoms. The second kappa shape index (κ2) is 9.26. The molecular weight excluding hydrogens is 500 g/mol. The van der Waals surface area contributed by atoms with Crippen molar-refractivity contribution in [2.24, 2.45) is 0 Å². The van der Waals surface area contributed by atoms with Gasteiger partial charge >= 0.3 is 0 Å². The van der Waals surface area contributed by atoms with Gasteiger partial charge in [-0.05, 0) is 74.4 Å². The topological polar surface area (TPSA) is 47.4 Å². The number of carbonyl (C=O) groups is 1. The van der Waals surface area contributed by atoms with Gasteiger partial charge in [-0.2, -0.15) is 0 Å². The van der Waals surface area contributed by atoms with Crippen LogP contribution < -0.4 is 9.64 Å². The van der Waals surface area contributed by atoms with Crippen molar-refractivity contribution in [1.82, 2.24) is 9.55 Å². The van der Waals surface area contributed by atoms with Crippen molar-refractivity contribution >= 4 is 34.8 Å². The molecule has 1 amide bonds. The molecule has 0 fully saturated rings. The first-order chi connectivity index (χ1) is 17.2. The summed E-state index contributed by atoms with van der Waals surface area (Å²) in [6, 6.07) is 15.2. The third kappa shape index (κ3) is 3.76. The van der Waals surface area contributed by atoms with Crippen molar-refractivity contribution in [2.45, 2.75) is 32.9 Å². The Bertz CT molecular complexity index is 1500. The Balaban J connectivity index is 1.83. The maximum absolute atomic E-state index is 15.3. The van der Waals surface area contributed by atoms with Gasteiger partial charge in [-0.25, -0.2) is 9.37 Å². The maximum atomic E-state index is 15.3. The van der Waals surface area contributed by atoms with E-state index in [0.717, 1.165) is 28.1 Å². The molecule has 2 aromatic heterocycles. The number of halogens is 3. The number of amides is 1. The Morgan fingerprint density at radius 1 is 1.06 bits per heavy atom. The van der Waals surface area contributed by atoms with Crippen LogP contribution in [-0.2, 0) is 0 Å². The molecule has 8 heteroatoms. The molecule has 0 N–H and O–H groups in total. The van der Waals surface area contributed by atoms with Crippen molar-refractivity contribution in [1.29, 1.82) is 0 Å². The first-order valence-corrected chi connectivity index (χ1v) is 12.3. The number of methoxy groups -OCH3 is 1. The van der Waals surface area contributed by atoms with Crippen molar-refractivity contribution in [3.8, 4) is 17.1 Å². The number of nitrogens with zero attached hydrogens (tertiary/aromatic N) is 3. The van der Waals surface area contributed by atoms with Gasteiger partial charge in [-0.3, -0.25) is 9.69 Å². The van der Waals surface area contributed by atoms with Gasteiger partial charge in [-0.15, -0.1) is 0 Å². The van der Waals surface area contributed by atoms with Crippen LogP contribution in [0.1, 0.15) is 53.1 Å². The quantitative estimate of drug-likeness (QED) is 0.270. The van der Waals surface area contributed by atoms with Gasteiger partial charge in [0.25, 0.3) is 5.91 Å². The number of rotatable bonds is 5. The highest BCUT2D eigenvalue weighted by Gasteiger charge is 2.45. The molecule has 36 heavy (non-hydrogen) atoms. The van der Waals surface area contributed by atoms with Crippen LogP contribution in [0.3, 0.4) is 0 Å². The van der Waals surface area contributed by atoms with Crippen LogP contribution in [0.4, 0.5) is 10.1 Å². The molecular formula is C28H24Cl2FN3O2. The van der Waals surface area contributed by atoms with Gasteiger partial charge < -0.3 is 9.30 Å². The van der Waals surface area contributed by atoms with Crippen LogP contribution in [0.5, 0.6) is 5.88 Å². The number of ether oxygens (including phenoxy) is 1. The molecule has 184 valence electrons. The van der Waals surface area contributed by atoms with Crippen molar-refractivity contribution in [2.75, 3.05) is 12.0 Å². The molecule has 1 aliphatic rings. The smallest absolute Gasteiger partial charge is 0.261 e. The average Bonchev–Trinajstić information content (AvgIpc) is 3.36. The van der Waals surface area contributed by atoms with Crippen LogP contribution in [0, 0.1) is 12.7 Å². The van der Waals surface area contributed by atoms with E-state index >= 15 is 4.39 Å². The van der Waals surface area contributed by atoms with Gasteiger partial charge in [0, 0.05) is 17.3 Å². The number of hydrogen-bond acceptors (Lipinski definition) is 3. The van der Waals surface area contributed by atoms with E-state index in [9.17, 15) is 4.79 Å². The summed E-state index contributed by atoms with van der Waals surface area (Å²) in [5.41, 5.74) is 4.68. The minimum Gasteiger partial charge on any atom is -0.481 e. The molecule has 0 saturated carbocycles. The second-order valence-corrected chi connectivity index (χ2v) is 9.85. The van der Waals surface area contributed by atoms with Crippen LogP contribution >= 0.6 is 23.2 Å². The van der Waals surface area contributed by atoms with E-state index < -0.39 is 11.9 Å². The number of aromatic nitrogens is 2. The molecule has 0 spiro atoms. The minimum absolute atomic E-state index is 0.0271. The standard InChI is InChI=1S/C28H24Cl2FN3O2/c1-15(2)33-23(19-7-6-12-32-27(19)36-4)14-20-26(33)25(18-11-10-17(29)13-16(18)3)34(28(20)35)22-9-5-8-21(30)24(22)31/h5-15,25H,1-4H3. The molecule has 5 rings (SSSR count). The van der Waals surface area contributed by atoms with E-state index in [-0.39, 0.29) is 22.7 Å². The summed E-state index contributed by atoms with van der Waals surface area (Å²) < 4.78 is 23.0. The highest BCUT2D eigenvalue weighted by atomic mass is 35.5. The molecule has 0 saturated heterocycles.